The van der Waals surface area contributed by atoms with Crippen LogP contribution in [0.1, 0.15) is 12.6 Å². The van der Waals surface area contributed by atoms with Crippen LogP contribution in [0.5, 0.6) is 0 Å². The van der Waals surface area contributed by atoms with Gasteiger partial charge < -0.3 is 10.6 Å². The first-order chi connectivity index (χ1) is 6.60. The number of H-pyrrole nitrogens is 1. The summed E-state index contributed by atoms with van der Waals surface area (Å²) < 4.78 is 0. The first-order valence-corrected chi connectivity index (χ1v) is 4.64. The Balaban J connectivity index is 2.01. The molecule has 3 N–H and O–H groups in total. The Morgan fingerprint density at radius 1 is 1.64 bits per heavy atom. The van der Waals surface area contributed by atoms with Crippen LogP contribution in [0.15, 0.2) is 6.07 Å². The van der Waals surface area contributed by atoms with Crippen LogP contribution in [0.2, 0.25) is 0 Å². The van der Waals surface area contributed by atoms with Crippen LogP contribution >= 0.6 is 0 Å². The lowest BCUT2D eigenvalue weighted by Crippen LogP contribution is -2.58. The van der Waals surface area contributed by atoms with Crippen molar-refractivity contribution in [1.82, 2.24) is 15.5 Å². The number of anilines is 1. The number of nitrogens with zero attached hydrogens (tertiary/aromatic N) is 1. The monoisotopic (exact) mass is 194 g/mol. The van der Waals surface area contributed by atoms with Gasteiger partial charge in [-0.1, -0.05) is 0 Å². The fourth-order valence-electron chi connectivity index (χ4n) is 1.41. The Hall–Kier alpha value is -1.36. The highest BCUT2D eigenvalue weighted by atomic mass is 16.2. The van der Waals surface area contributed by atoms with E-state index in [1.54, 1.807) is 0 Å². The Labute approximate surface area is 82.3 Å². The highest BCUT2D eigenvalue weighted by Crippen LogP contribution is 2.23. The molecule has 1 aliphatic heterocycles. The molecule has 14 heavy (non-hydrogen) atoms. The molecule has 0 unspecified atom stereocenters. The van der Waals surface area contributed by atoms with Crippen LogP contribution in [0.3, 0.4) is 0 Å². The number of nitrogens with one attached hydrogen (secondary N) is 3. The van der Waals surface area contributed by atoms with E-state index in [0.717, 1.165) is 18.8 Å². The number of aromatic nitrogens is 2. The Morgan fingerprint density at radius 2 is 2.36 bits per heavy atom. The van der Waals surface area contributed by atoms with Crippen molar-refractivity contribution in [2.24, 2.45) is 5.41 Å². The largest absolute Gasteiger partial charge is 0.315 e. The standard InChI is InChI=1S/C9H14N4O/c1-6-3-7(13-12-6)11-8(14)9(2)4-10-5-9/h3,10H,4-5H2,1-2H3,(H2,11,12,13,14). The van der Waals surface area contributed by atoms with Crippen LogP contribution in [0.4, 0.5) is 5.82 Å². The fourth-order valence-corrected chi connectivity index (χ4v) is 1.41. The van der Waals surface area contributed by atoms with Crippen LogP contribution in [0, 0.1) is 12.3 Å². The second kappa shape index (κ2) is 3.09. The van der Waals surface area contributed by atoms with Crippen molar-refractivity contribution in [2.75, 3.05) is 18.4 Å². The van der Waals surface area contributed by atoms with Gasteiger partial charge in [0.1, 0.15) is 0 Å². The predicted octanol–water partition coefficient (Wildman–Crippen LogP) is 0.266. The molecule has 0 spiro atoms. The van der Waals surface area contributed by atoms with Crippen molar-refractivity contribution in [3.63, 3.8) is 0 Å². The Morgan fingerprint density at radius 3 is 2.79 bits per heavy atom. The highest BCUT2D eigenvalue weighted by Gasteiger charge is 2.39. The van der Waals surface area contributed by atoms with Gasteiger partial charge in [-0.15, -0.1) is 0 Å². The molecular formula is C9H14N4O. The second-order valence-corrected chi connectivity index (χ2v) is 4.05. The van der Waals surface area contributed by atoms with Gasteiger partial charge in [0, 0.05) is 24.8 Å². The van der Waals surface area contributed by atoms with E-state index in [9.17, 15) is 4.79 Å². The van der Waals surface area contributed by atoms with Gasteiger partial charge in [-0.3, -0.25) is 9.89 Å². The minimum Gasteiger partial charge on any atom is -0.315 e. The fraction of sp³-hybridized carbons (Fsp3) is 0.556. The maximum atomic E-state index is 11.7. The zero-order valence-corrected chi connectivity index (χ0v) is 8.35. The summed E-state index contributed by atoms with van der Waals surface area (Å²) in [7, 11) is 0. The first kappa shape index (κ1) is 9.21. The smallest absolute Gasteiger partial charge is 0.234 e. The van der Waals surface area contributed by atoms with Crippen LogP contribution in [-0.2, 0) is 4.79 Å². The molecular weight excluding hydrogens is 180 g/mol. The third-order valence-electron chi connectivity index (χ3n) is 2.53. The summed E-state index contributed by atoms with van der Waals surface area (Å²) in [6.07, 6.45) is 0. The number of carbonyl (C=O) groups excluding carboxylic acids is 1. The third-order valence-corrected chi connectivity index (χ3v) is 2.53. The minimum absolute atomic E-state index is 0.0303. The predicted molar refractivity (Wildman–Crippen MR) is 52.9 cm³/mol. The number of rotatable bonds is 2. The average Bonchev–Trinajstić information content (AvgIpc) is 2.47. The molecule has 76 valence electrons. The number of hydrogen-bond donors (Lipinski definition) is 3. The quantitative estimate of drug-likeness (QED) is 0.632. The third kappa shape index (κ3) is 1.50. The zero-order valence-electron chi connectivity index (χ0n) is 8.35. The molecule has 1 aromatic rings. The Kier molecular flexibility index (Phi) is 2.03. The molecule has 2 rings (SSSR count). The van der Waals surface area contributed by atoms with Gasteiger partial charge >= 0.3 is 0 Å². The van der Waals surface area contributed by atoms with Gasteiger partial charge in [0.25, 0.3) is 0 Å². The van der Waals surface area contributed by atoms with Crippen LogP contribution < -0.4 is 10.6 Å². The average molecular weight is 194 g/mol. The van der Waals surface area contributed by atoms with Gasteiger partial charge in [-0.25, -0.2) is 0 Å². The SMILES string of the molecule is Cc1cc(NC(=O)C2(C)CNC2)n[nH]1. The van der Waals surface area contributed by atoms with E-state index >= 15 is 0 Å². The maximum Gasteiger partial charge on any atom is 0.234 e. The summed E-state index contributed by atoms with van der Waals surface area (Å²) in [6, 6.07) is 1.81. The van der Waals surface area contributed by atoms with Crippen molar-refractivity contribution in [3.05, 3.63) is 11.8 Å². The molecule has 0 radical (unpaired) electrons. The van der Waals surface area contributed by atoms with E-state index in [2.05, 4.69) is 20.8 Å². The highest BCUT2D eigenvalue weighted by molar-refractivity contribution is 5.95. The molecule has 0 atom stereocenters. The lowest BCUT2D eigenvalue weighted by atomic mass is 9.83. The van der Waals surface area contributed by atoms with Gasteiger partial charge in [-0.2, -0.15) is 5.10 Å². The number of carbonyl (C=O) groups is 1. The molecule has 1 aromatic heterocycles. The van der Waals surface area contributed by atoms with Crippen molar-refractivity contribution < 1.29 is 4.79 Å². The van der Waals surface area contributed by atoms with Crippen molar-refractivity contribution >= 4 is 11.7 Å². The number of amides is 1. The summed E-state index contributed by atoms with van der Waals surface area (Å²) >= 11 is 0. The first-order valence-electron chi connectivity index (χ1n) is 4.64. The number of hydrogen-bond acceptors (Lipinski definition) is 3. The molecule has 1 saturated heterocycles. The van der Waals surface area contributed by atoms with Crippen molar-refractivity contribution in [3.8, 4) is 0 Å². The molecule has 0 aromatic carbocycles. The van der Waals surface area contributed by atoms with Gasteiger partial charge in [0.2, 0.25) is 5.91 Å². The Bertz CT molecular complexity index is 353. The molecule has 0 bridgehead atoms. The van der Waals surface area contributed by atoms with Crippen molar-refractivity contribution in [1.29, 1.82) is 0 Å². The van der Waals surface area contributed by atoms with Crippen LogP contribution in [-0.4, -0.2) is 29.2 Å². The summed E-state index contributed by atoms with van der Waals surface area (Å²) in [5.41, 5.74) is 0.671. The normalized spacial score (nSPS) is 18.7. The summed E-state index contributed by atoms with van der Waals surface area (Å²) in [5, 5.41) is 12.6. The van der Waals surface area contributed by atoms with E-state index in [1.807, 2.05) is 19.9 Å². The zero-order chi connectivity index (χ0) is 10.2. The van der Waals surface area contributed by atoms with Gasteiger partial charge in [0.05, 0.1) is 5.41 Å². The van der Waals surface area contributed by atoms with E-state index < -0.39 is 0 Å². The molecule has 1 aliphatic rings. The molecule has 5 heteroatoms. The van der Waals surface area contributed by atoms with Gasteiger partial charge in [-0.05, 0) is 13.8 Å². The topological polar surface area (TPSA) is 69.8 Å². The van der Waals surface area contributed by atoms with E-state index in [1.165, 1.54) is 0 Å². The van der Waals surface area contributed by atoms with E-state index in [4.69, 9.17) is 0 Å². The van der Waals surface area contributed by atoms with E-state index in [0.29, 0.717) is 5.82 Å². The molecule has 0 aliphatic carbocycles. The molecule has 1 fully saturated rings. The number of aryl methyl sites for hydroxylation is 1. The lowest BCUT2D eigenvalue weighted by molar-refractivity contribution is -0.127. The van der Waals surface area contributed by atoms with Crippen LogP contribution in [0.25, 0.3) is 0 Å². The van der Waals surface area contributed by atoms with E-state index in [-0.39, 0.29) is 11.3 Å². The molecule has 1 amide bonds. The second-order valence-electron chi connectivity index (χ2n) is 4.05. The molecule has 0 saturated carbocycles. The lowest BCUT2D eigenvalue weighted by Gasteiger charge is -2.37. The van der Waals surface area contributed by atoms with Crippen molar-refractivity contribution in [2.45, 2.75) is 13.8 Å². The summed E-state index contributed by atoms with van der Waals surface area (Å²) in [6.45, 7) is 5.32. The molecule has 2 heterocycles. The van der Waals surface area contributed by atoms with Gasteiger partial charge in [0.15, 0.2) is 5.82 Å². The minimum atomic E-state index is -0.271. The summed E-state index contributed by atoms with van der Waals surface area (Å²) in [4.78, 5) is 11.7. The maximum absolute atomic E-state index is 11.7. The number of aromatic amines is 1. The molecule has 5 nitrogen and oxygen atoms in total. The summed E-state index contributed by atoms with van der Waals surface area (Å²) in [5.74, 6) is 0.628.